The van der Waals surface area contributed by atoms with E-state index >= 15 is 0 Å². The number of nitrogens with one attached hydrogen (secondary N) is 2. The zero-order valence-electron chi connectivity index (χ0n) is 9.89. The van der Waals surface area contributed by atoms with Crippen molar-refractivity contribution in [1.29, 1.82) is 0 Å². The fourth-order valence-electron chi connectivity index (χ4n) is 1.42. The number of anilines is 1. The molecule has 0 aliphatic rings. The third-order valence-corrected chi connectivity index (χ3v) is 3.01. The number of halogens is 2. The molecule has 5 heteroatoms. The molecule has 0 unspecified atom stereocenters. The third kappa shape index (κ3) is 4.48. The molecule has 0 spiro atoms. The Labute approximate surface area is 112 Å². The largest absolute Gasteiger partial charge is 0.360 e. The number of rotatable bonds is 4. The van der Waals surface area contributed by atoms with E-state index in [1.807, 2.05) is 0 Å². The molecule has 0 saturated heterocycles. The summed E-state index contributed by atoms with van der Waals surface area (Å²) in [7, 11) is 0. The van der Waals surface area contributed by atoms with E-state index in [-0.39, 0.29) is 5.02 Å². The number of hydrogen-bond acceptors (Lipinski definition) is 1. The molecule has 0 heterocycles. The van der Waals surface area contributed by atoms with E-state index in [4.69, 9.17) is 23.8 Å². The van der Waals surface area contributed by atoms with Gasteiger partial charge in [-0.05, 0) is 43.3 Å². The minimum Gasteiger partial charge on any atom is -0.360 e. The van der Waals surface area contributed by atoms with Crippen LogP contribution in [0.15, 0.2) is 18.2 Å². The molecule has 1 aromatic rings. The predicted molar refractivity (Wildman–Crippen MR) is 75.1 cm³/mol. The molecule has 0 atom stereocenters. The van der Waals surface area contributed by atoms with Gasteiger partial charge in [0.25, 0.3) is 0 Å². The second kappa shape index (κ2) is 6.77. The highest BCUT2D eigenvalue weighted by atomic mass is 35.5. The lowest BCUT2D eigenvalue weighted by atomic mass is 10.2. The molecule has 2 nitrogen and oxygen atoms in total. The van der Waals surface area contributed by atoms with Crippen molar-refractivity contribution >= 4 is 34.6 Å². The molecule has 2 N–H and O–H groups in total. The topological polar surface area (TPSA) is 24.1 Å². The van der Waals surface area contributed by atoms with Crippen LogP contribution in [0.2, 0.25) is 5.02 Å². The van der Waals surface area contributed by atoms with Gasteiger partial charge < -0.3 is 10.6 Å². The van der Waals surface area contributed by atoms with E-state index in [0.717, 1.165) is 12.8 Å². The highest BCUT2D eigenvalue weighted by Gasteiger charge is 2.06. The Morgan fingerprint density at radius 3 is 2.59 bits per heavy atom. The van der Waals surface area contributed by atoms with Gasteiger partial charge in [-0.1, -0.05) is 25.4 Å². The van der Waals surface area contributed by atoms with Crippen molar-refractivity contribution in [1.82, 2.24) is 5.32 Å². The van der Waals surface area contributed by atoms with E-state index < -0.39 is 5.82 Å². The summed E-state index contributed by atoms with van der Waals surface area (Å²) in [6.07, 6.45) is 2.00. The van der Waals surface area contributed by atoms with Gasteiger partial charge in [-0.15, -0.1) is 0 Å². The normalized spacial score (nSPS) is 10.4. The SMILES string of the molecule is CCC(CC)NC(=S)Nc1ccc(F)c(Cl)c1. The first-order chi connectivity index (χ1) is 8.06. The summed E-state index contributed by atoms with van der Waals surface area (Å²) >= 11 is 10.8. The van der Waals surface area contributed by atoms with Crippen molar-refractivity contribution in [2.45, 2.75) is 32.7 Å². The third-order valence-electron chi connectivity index (χ3n) is 2.50. The molecule has 0 aliphatic carbocycles. The van der Waals surface area contributed by atoms with Gasteiger partial charge in [0.05, 0.1) is 5.02 Å². The van der Waals surface area contributed by atoms with E-state index in [1.54, 1.807) is 6.07 Å². The van der Waals surface area contributed by atoms with Crippen LogP contribution in [-0.4, -0.2) is 11.2 Å². The van der Waals surface area contributed by atoms with Crippen molar-refractivity contribution in [3.63, 3.8) is 0 Å². The smallest absolute Gasteiger partial charge is 0.170 e. The first kappa shape index (κ1) is 14.2. The van der Waals surface area contributed by atoms with Gasteiger partial charge >= 0.3 is 0 Å². The Morgan fingerprint density at radius 1 is 1.41 bits per heavy atom. The van der Waals surface area contributed by atoms with Crippen molar-refractivity contribution < 1.29 is 4.39 Å². The zero-order chi connectivity index (χ0) is 12.8. The fourth-order valence-corrected chi connectivity index (χ4v) is 1.88. The molecule has 0 amide bonds. The lowest BCUT2D eigenvalue weighted by molar-refractivity contribution is 0.573. The van der Waals surface area contributed by atoms with Crippen LogP contribution < -0.4 is 10.6 Å². The first-order valence-electron chi connectivity index (χ1n) is 5.59. The van der Waals surface area contributed by atoms with E-state index in [1.165, 1.54) is 12.1 Å². The van der Waals surface area contributed by atoms with Crippen molar-refractivity contribution in [3.8, 4) is 0 Å². The average molecular weight is 275 g/mol. The molecular weight excluding hydrogens is 259 g/mol. The molecule has 0 fully saturated rings. The number of benzene rings is 1. The maximum atomic E-state index is 12.9. The monoisotopic (exact) mass is 274 g/mol. The summed E-state index contributed by atoms with van der Waals surface area (Å²) in [5.74, 6) is -0.434. The summed E-state index contributed by atoms with van der Waals surface area (Å²) in [5.41, 5.74) is 0.680. The van der Waals surface area contributed by atoms with Crippen LogP contribution in [0.3, 0.4) is 0 Å². The predicted octanol–water partition coefficient (Wildman–Crippen LogP) is 3.95. The molecular formula is C12H16ClFN2S. The van der Waals surface area contributed by atoms with Crippen LogP contribution in [0.25, 0.3) is 0 Å². The van der Waals surface area contributed by atoms with Crippen LogP contribution in [0.4, 0.5) is 10.1 Å². The lowest BCUT2D eigenvalue weighted by Crippen LogP contribution is -2.36. The lowest BCUT2D eigenvalue weighted by Gasteiger charge is -2.17. The summed E-state index contributed by atoms with van der Waals surface area (Å²) in [6, 6.07) is 4.77. The quantitative estimate of drug-likeness (QED) is 0.813. The molecule has 1 aromatic carbocycles. The average Bonchev–Trinajstić information content (AvgIpc) is 2.31. The number of hydrogen-bond donors (Lipinski definition) is 2. The van der Waals surface area contributed by atoms with E-state index in [0.29, 0.717) is 16.8 Å². The Bertz CT molecular complexity index is 394. The minimum absolute atomic E-state index is 0.0836. The standard InChI is InChI=1S/C12H16ClFN2S/c1-3-8(4-2)15-12(17)16-9-5-6-11(14)10(13)7-9/h5-8H,3-4H2,1-2H3,(H2,15,16,17). The number of thiocarbonyl (C=S) groups is 1. The minimum atomic E-state index is -0.434. The second-order valence-electron chi connectivity index (χ2n) is 3.74. The van der Waals surface area contributed by atoms with E-state index in [9.17, 15) is 4.39 Å². The summed E-state index contributed by atoms with van der Waals surface area (Å²) in [4.78, 5) is 0. The first-order valence-corrected chi connectivity index (χ1v) is 6.38. The van der Waals surface area contributed by atoms with Gasteiger partial charge in [0.2, 0.25) is 0 Å². The Kier molecular flexibility index (Phi) is 5.65. The van der Waals surface area contributed by atoms with Gasteiger partial charge in [0.1, 0.15) is 5.82 Å². The van der Waals surface area contributed by atoms with Crippen LogP contribution in [0.1, 0.15) is 26.7 Å². The van der Waals surface area contributed by atoms with Crippen LogP contribution >= 0.6 is 23.8 Å². The molecule has 17 heavy (non-hydrogen) atoms. The van der Waals surface area contributed by atoms with Crippen molar-refractivity contribution in [3.05, 3.63) is 29.0 Å². The van der Waals surface area contributed by atoms with Gasteiger partial charge in [-0.2, -0.15) is 0 Å². The maximum absolute atomic E-state index is 12.9. The zero-order valence-corrected chi connectivity index (χ0v) is 11.5. The van der Waals surface area contributed by atoms with Crippen molar-refractivity contribution in [2.75, 3.05) is 5.32 Å². The molecule has 1 rings (SSSR count). The van der Waals surface area contributed by atoms with Crippen LogP contribution in [-0.2, 0) is 0 Å². The van der Waals surface area contributed by atoms with Gasteiger partial charge in [0, 0.05) is 11.7 Å². The molecule has 0 radical (unpaired) electrons. The highest BCUT2D eigenvalue weighted by Crippen LogP contribution is 2.19. The fraction of sp³-hybridized carbons (Fsp3) is 0.417. The Balaban J connectivity index is 2.58. The molecule has 0 aliphatic heterocycles. The molecule has 0 aromatic heterocycles. The molecule has 0 bridgehead atoms. The maximum Gasteiger partial charge on any atom is 0.170 e. The molecule has 0 saturated carbocycles. The summed E-state index contributed by atoms with van der Waals surface area (Å²) in [6.45, 7) is 4.19. The highest BCUT2D eigenvalue weighted by molar-refractivity contribution is 7.80. The van der Waals surface area contributed by atoms with Crippen LogP contribution in [0.5, 0.6) is 0 Å². The van der Waals surface area contributed by atoms with E-state index in [2.05, 4.69) is 24.5 Å². The van der Waals surface area contributed by atoms with Gasteiger partial charge in [0.15, 0.2) is 5.11 Å². The van der Waals surface area contributed by atoms with Gasteiger partial charge in [-0.25, -0.2) is 4.39 Å². The summed E-state index contributed by atoms with van der Waals surface area (Å²) in [5, 5.41) is 6.77. The summed E-state index contributed by atoms with van der Waals surface area (Å²) < 4.78 is 12.9. The molecule has 94 valence electrons. The van der Waals surface area contributed by atoms with Crippen LogP contribution in [0, 0.1) is 5.82 Å². The van der Waals surface area contributed by atoms with Gasteiger partial charge in [-0.3, -0.25) is 0 Å². The Hall–Kier alpha value is -0.870. The Morgan fingerprint density at radius 2 is 2.06 bits per heavy atom. The second-order valence-corrected chi connectivity index (χ2v) is 4.56. The van der Waals surface area contributed by atoms with Crippen molar-refractivity contribution in [2.24, 2.45) is 0 Å².